The van der Waals surface area contributed by atoms with Gasteiger partial charge in [0.15, 0.2) is 24.1 Å². The quantitative estimate of drug-likeness (QED) is 0.366. The van der Waals surface area contributed by atoms with Gasteiger partial charge in [0.05, 0.1) is 24.2 Å². The number of hydrogen-bond acceptors (Lipinski definition) is 8. The summed E-state index contributed by atoms with van der Waals surface area (Å²) in [6, 6.07) is 13.6. The minimum Gasteiger partial charge on any atom is -0.461 e. The standard InChI is InChI=1S/C30H44N2O7S/c1-22(2)20-32(21-26(33)25(31)18-23-10-4-3-5-11-23)40(34,35)24-14-15-27(38-29-12-6-8-16-36-29)28(19-24)39-30-13-7-9-17-37-30/h3-5,10-11,14-15,19,22,25-26,29-30,33H,6-9,12-13,16-18,20-21,31H2,1-2H3/t25-,26+,29?,30?/m0/s1. The van der Waals surface area contributed by atoms with Crippen molar-refractivity contribution in [2.24, 2.45) is 11.7 Å². The van der Waals surface area contributed by atoms with Crippen molar-refractivity contribution >= 4 is 10.0 Å². The van der Waals surface area contributed by atoms with Crippen LogP contribution in [-0.2, 0) is 25.9 Å². The van der Waals surface area contributed by atoms with E-state index in [9.17, 15) is 13.5 Å². The van der Waals surface area contributed by atoms with Crippen LogP contribution in [0, 0.1) is 5.92 Å². The highest BCUT2D eigenvalue weighted by Crippen LogP contribution is 2.35. The highest BCUT2D eigenvalue weighted by Gasteiger charge is 2.31. The van der Waals surface area contributed by atoms with Crippen LogP contribution in [0.5, 0.6) is 11.5 Å². The van der Waals surface area contributed by atoms with Crippen molar-refractivity contribution in [3.63, 3.8) is 0 Å². The third-order valence-corrected chi connectivity index (χ3v) is 8.94. The lowest BCUT2D eigenvalue weighted by Gasteiger charge is -2.30. The Labute approximate surface area is 238 Å². The molecular weight excluding hydrogens is 532 g/mol. The average molecular weight is 577 g/mol. The molecule has 0 aliphatic carbocycles. The first-order valence-electron chi connectivity index (χ1n) is 14.4. The summed E-state index contributed by atoms with van der Waals surface area (Å²) in [5.41, 5.74) is 7.30. The third kappa shape index (κ3) is 8.64. The lowest BCUT2D eigenvalue weighted by Crippen LogP contribution is -2.47. The van der Waals surface area contributed by atoms with Crippen LogP contribution in [-0.4, -0.2) is 68.9 Å². The van der Waals surface area contributed by atoms with E-state index in [0.717, 1.165) is 37.7 Å². The van der Waals surface area contributed by atoms with Gasteiger partial charge in [0.1, 0.15) is 0 Å². The van der Waals surface area contributed by atoms with Gasteiger partial charge in [0.2, 0.25) is 10.0 Å². The molecule has 2 unspecified atom stereocenters. The van der Waals surface area contributed by atoms with E-state index in [0.29, 0.717) is 37.6 Å². The number of aliphatic hydroxyl groups is 1. The van der Waals surface area contributed by atoms with Gasteiger partial charge >= 0.3 is 0 Å². The molecule has 0 aromatic heterocycles. The summed E-state index contributed by atoms with van der Waals surface area (Å²) in [7, 11) is -4.00. The third-order valence-electron chi connectivity index (χ3n) is 7.11. The molecule has 40 heavy (non-hydrogen) atoms. The van der Waals surface area contributed by atoms with Gasteiger partial charge in [0, 0.05) is 38.0 Å². The second-order valence-corrected chi connectivity index (χ2v) is 13.0. The van der Waals surface area contributed by atoms with Crippen LogP contribution in [0.25, 0.3) is 0 Å². The Balaban J connectivity index is 1.56. The fourth-order valence-corrected chi connectivity index (χ4v) is 6.56. The summed E-state index contributed by atoms with van der Waals surface area (Å²) in [4.78, 5) is 0.0553. The minimum absolute atomic E-state index is 0.0322. The number of ether oxygens (including phenoxy) is 4. The molecular formula is C30H44N2O7S. The molecule has 0 bridgehead atoms. The van der Waals surface area contributed by atoms with E-state index < -0.39 is 34.7 Å². The molecule has 2 aliphatic rings. The molecule has 4 atom stereocenters. The molecule has 2 aromatic carbocycles. The van der Waals surface area contributed by atoms with Gasteiger partial charge < -0.3 is 29.8 Å². The molecule has 2 fully saturated rings. The van der Waals surface area contributed by atoms with Crippen molar-refractivity contribution in [3.05, 3.63) is 54.1 Å². The molecule has 3 N–H and O–H groups in total. The van der Waals surface area contributed by atoms with E-state index in [-0.39, 0.29) is 23.9 Å². The molecule has 2 heterocycles. The maximum atomic E-state index is 14.0. The first kappa shape index (κ1) is 30.7. The largest absolute Gasteiger partial charge is 0.461 e. The van der Waals surface area contributed by atoms with Gasteiger partial charge in [-0.15, -0.1) is 0 Å². The molecule has 2 aliphatic heterocycles. The molecule has 222 valence electrons. The van der Waals surface area contributed by atoms with Crippen molar-refractivity contribution in [1.29, 1.82) is 0 Å². The smallest absolute Gasteiger partial charge is 0.243 e. The van der Waals surface area contributed by atoms with E-state index in [1.54, 1.807) is 6.07 Å². The zero-order valence-electron chi connectivity index (χ0n) is 23.6. The van der Waals surface area contributed by atoms with Crippen LogP contribution < -0.4 is 15.2 Å². The lowest BCUT2D eigenvalue weighted by molar-refractivity contribution is -0.119. The first-order valence-corrected chi connectivity index (χ1v) is 15.8. The van der Waals surface area contributed by atoms with Crippen molar-refractivity contribution in [2.75, 3.05) is 26.3 Å². The second kappa shape index (κ2) is 14.6. The van der Waals surface area contributed by atoms with Gasteiger partial charge in [-0.25, -0.2) is 8.42 Å². The molecule has 0 saturated carbocycles. The van der Waals surface area contributed by atoms with E-state index in [1.807, 2.05) is 44.2 Å². The van der Waals surface area contributed by atoms with Crippen molar-refractivity contribution in [1.82, 2.24) is 4.31 Å². The summed E-state index contributed by atoms with van der Waals surface area (Å²) in [5.74, 6) is 0.748. The highest BCUT2D eigenvalue weighted by molar-refractivity contribution is 7.89. The number of benzene rings is 2. The monoisotopic (exact) mass is 576 g/mol. The van der Waals surface area contributed by atoms with Crippen LogP contribution in [0.15, 0.2) is 53.4 Å². The Morgan fingerprint density at radius 1 is 0.925 bits per heavy atom. The van der Waals surface area contributed by atoms with Gasteiger partial charge in [-0.1, -0.05) is 44.2 Å². The number of nitrogens with zero attached hydrogens (tertiary/aromatic N) is 1. The first-order chi connectivity index (χ1) is 19.2. The fourth-order valence-electron chi connectivity index (χ4n) is 4.92. The zero-order valence-corrected chi connectivity index (χ0v) is 24.4. The van der Waals surface area contributed by atoms with Gasteiger partial charge in [-0.2, -0.15) is 4.31 Å². The van der Waals surface area contributed by atoms with E-state index in [2.05, 4.69) is 0 Å². The fraction of sp³-hybridized carbons (Fsp3) is 0.600. The maximum absolute atomic E-state index is 14.0. The molecule has 2 aromatic rings. The van der Waals surface area contributed by atoms with Crippen LogP contribution in [0.1, 0.15) is 57.9 Å². The van der Waals surface area contributed by atoms with Crippen molar-refractivity contribution in [3.8, 4) is 11.5 Å². The van der Waals surface area contributed by atoms with Crippen molar-refractivity contribution in [2.45, 2.75) is 88.4 Å². The topological polar surface area (TPSA) is 121 Å². The van der Waals surface area contributed by atoms with Crippen LogP contribution in [0.2, 0.25) is 0 Å². The predicted molar refractivity (Wildman–Crippen MR) is 153 cm³/mol. The molecule has 0 amide bonds. The Morgan fingerprint density at radius 2 is 1.55 bits per heavy atom. The summed E-state index contributed by atoms with van der Waals surface area (Å²) in [6.45, 7) is 5.20. The van der Waals surface area contributed by atoms with Gasteiger partial charge in [-0.05, 0) is 55.7 Å². The molecule has 9 nitrogen and oxygen atoms in total. The molecule has 0 spiro atoms. The summed E-state index contributed by atoms with van der Waals surface area (Å²) >= 11 is 0. The molecule has 0 radical (unpaired) electrons. The van der Waals surface area contributed by atoms with E-state index in [1.165, 1.54) is 16.4 Å². The van der Waals surface area contributed by atoms with Crippen LogP contribution >= 0.6 is 0 Å². The Bertz CT molecular complexity index is 1150. The number of rotatable bonds is 13. The predicted octanol–water partition coefficient (Wildman–Crippen LogP) is 4.08. The van der Waals surface area contributed by atoms with Gasteiger partial charge in [-0.3, -0.25) is 0 Å². The average Bonchev–Trinajstić information content (AvgIpc) is 2.95. The van der Waals surface area contributed by atoms with Gasteiger partial charge in [0.25, 0.3) is 0 Å². The number of nitrogens with two attached hydrogens (primary N) is 1. The Morgan fingerprint density at radius 3 is 2.12 bits per heavy atom. The van der Waals surface area contributed by atoms with Crippen molar-refractivity contribution < 1.29 is 32.5 Å². The molecule has 2 saturated heterocycles. The number of hydrogen-bond donors (Lipinski definition) is 2. The normalized spacial score (nSPS) is 21.8. The highest BCUT2D eigenvalue weighted by atomic mass is 32.2. The summed E-state index contributed by atoms with van der Waals surface area (Å²) in [6.07, 6.45) is 3.87. The molecule has 4 rings (SSSR count). The van der Waals surface area contributed by atoms with Crippen LogP contribution in [0.3, 0.4) is 0 Å². The molecule has 10 heteroatoms. The maximum Gasteiger partial charge on any atom is 0.243 e. The Hall–Kier alpha value is -2.21. The van der Waals surface area contributed by atoms with E-state index >= 15 is 0 Å². The minimum atomic E-state index is -4.00. The lowest BCUT2D eigenvalue weighted by atomic mass is 10.0. The SMILES string of the molecule is CC(C)CN(C[C@@H](O)[C@@H](N)Cc1ccccc1)S(=O)(=O)c1ccc(OC2CCCCO2)c(OC2CCCCO2)c1. The second-order valence-electron chi connectivity index (χ2n) is 11.1. The number of sulfonamides is 1. The van der Waals surface area contributed by atoms with Crippen LogP contribution in [0.4, 0.5) is 0 Å². The van der Waals surface area contributed by atoms with E-state index in [4.69, 9.17) is 24.7 Å². The Kier molecular flexibility index (Phi) is 11.2. The number of aliphatic hydroxyl groups excluding tert-OH is 1. The summed E-state index contributed by atoms with van der Waals surface area (Å²) < 4.78 is 53.0. The zero-order chi connectivity index (χ0) is 28.5. The summed E-state index contributed by atoms with van der Waals surface area (Å²) in [5, 5.41) is 11.0.